The van der Waals surface area contributed by atoms with E-state index in [0.29, 0.717) is 11.4 Å². The summed E-state index contributed by atoms with van der Waals surface area (Å²) >= 11 is 0. The Bertz CT molecular complexity index is 1060. The van der Waals surface area contributed by atoms with E-state index in [1.165, 1.54) is 7.11 Å². The van der Waals surface area contributed by atoms with Gasteiger partial charge in [0.25, 0.3) is 10.0 Å². The van der Waals surface area contributed by atoms with Crippen LogP contribution in [0.1, 0.15) is 30.5 Å². The summed E-state index contributed by atoms with van der Waals surface area (Å²) < 4.78 is 33.8. The molecule has 0 atom stereocenters. The monoisotopic (exact) mass is 395 g/mol. The highest BCUT2D eigenvalue weighted by molar-refractivity contribution is 7.92. The van der Waals surface area contributed by atoms with Crippen LogP contribution < -0.4 is 9.46 Å². The molecule has 0 radical (unpaired) electrons. The highest BCUT2D eigenvalue weighted by atomic mass is 32.2. The van der Waals surface area contributed by atoms with E-state index in [1.54, 1.807) is 30.3 Å². The Morgan fingerprint density at radius 3 is 2.11 bits per heavy atom. The molecule has 0 unspecified atom stereocenters. The van der Waals surface area contributed by atoms with E-state index in [4.69, 9.17) is 4.74 Å². The summed E-state index contributed by atoms with van der Waals surface area (Å²) in [6.45, 7) is 6.15. The smallest absolute Gasteiger partial charge is 0.262 e. The van der Waals surface area contributed by atoms with Crippen molar-refractivity contribution in [3.63, 3.8) is 0 Å². The van der Waals surface area contributed by atoms with Gasteiger partial charge in [-0.2, -0.15) is 0 Å². The first-order valence-corrected chi connectivity index (χ1v) is 10.6. The van der Waals surface area contributed by atoms with Gasteiger partial charge in [0, 0.05) is 5.41 Å². The number of aryl methyl sites for hydroxylation is 1. The lowest BCUT2D eigenvalue weighted by Crippen LogP contribution is -2.20. The van der Waals surface area contributed by atoms with Crippen molar-refractivity contribution in [2.45, 2.75) is 31.1 Å². The number of hydrogen-bond acceptors (Lipinski definition) is 3. The maximum Gasteiger partial charge on any atom is 0.262 e. The van der Waals surface area contributed by atoms with E-state index < -0.39 is 10.0 Å². The summed E-state index contributed by atoms with van der Waals surface area (Å²) in [6.07, 6.45) is 0. The van der Waals surface area contributed by atoms with Crippen LogP contribution in [0.3, 0.4) is 0 Å². The molecule has 0 saturated heterocycles. The lowest BCUT2D eigenvalue weighted by molar-refractivity contribution is 0.416. The number of methoxy groups -OCH3 is 1. The van der Waals surface area contributed by atoms with Crippen molar-refractivity contribution < 1.29 is 13.2 Å². The third kappa shape index (κ3) is 4.04. The predicted molar refractivity (Wildman–Crippen MR) is 114 cm³/mol. The fraction of sp³-hybridized carbons (Fsp3) is 0.217. The summed E-state index contributed by atoms with van der Waals surface area (Å²) in [6, 6.07) is 22.5. The molecule has 1 N–H and O–H groups in total. The van der Waals surface area contributed by atoms with E-state index in [-0.39, 0.29) is 10.3 Å². The number of anilines is 1. The molecule has 0 spiro atoms. The number of nitrogens with one attached hydrogen (secondary N) is 1. The van der Waals surface area contributed by atoms with Crippen molar-refractivity contribution in [1.82, 2.24) is 0 Å². The fourth-order valence-electron chi connectivity index (χ4n) is 3.12. The molecule has 3 aromatic rings. The first-order chi connectivity index (χ1) is 13.2. The zero-order valence-electron chi connectivity index (χ0n) is 16.6. The van der Waals surface area contributed by atoms with Gasteiger partial charge in [-0.15, -0.1) is 0 Å². The normalized spacial score (nSPS) is 11.9. The molecule has 146 valence electrons. The molecule has 0 bridgehead atoms. The second-order valence-corrected chi connectivity index (χ2v) is 9.01. The number of rotatable bonds is 6. The van der Waals surface area contributed by atoms with E-state index >= 15 is 0 Å². The summed E-state index contributed by atoms with van der Waals surface area (Å²) in [5.41, 5.74) is 3.26. The van der Waals surface area contributed by atoms with Crippen molar-refractivity contribution in [2.75, 3.05) is 11.8 Å². The lowest BCUT2D eigenvalue weighted by atomic mass is 9.78. The van der Waals surface area contributed by atoms with Gasteiger partial charge in [0.15, 0.2) is 0 Å². The maximum atomic E-state index is 12.8. The van der Waals surface area contributed by atoms with Crippen LogP contribution in [0, 0.1) is 6.92 Å². The molecule has 0 fully saturated rings. The topological polar surface area (TPSA) is 55.4 Å². The lowest BCUT2D eigenvalue weighted by Gasteiger charge is -2.27. The molecule has 0 amide bonds. The first kappa shape index (κ1) is 20.0. The Kier molecular flexibility index (Phi) is 5.47. The van der Waals surface area contributed by atoms with Gasteiger partial charge in [0.05, 0.1) is 17.7 Å². The standard InChI is InChI=1S/C23H25NO3S/c1-17-10-13-20(14-11-17)28(25,26)24-21-16-19(12-15-22(21)27-4)23(2,3)18-8-6-5-7-9-18/h5-16,24H,1-4H3. The molecular formula is C23H25NO3S. The highest BCUT2D eigenvalue weighted by Gasteiger charge is 2.25. The van der Waals surface area contributed by atoms with Crippen LogP contribution in [0.25, 0.3) is 0 Å². The average Bonchev–Trinajstić information content (AvgIpc) is 2.68. The Hall–Kier alpha value is -2.79. The highest BCUT2D eigenvalue weighted by Crippen LogP contribution is 2.36. The minimum Gasteiger partial charge on any atom is -0.495 e. The van der Waals surface area contributed by atoms with Gasteiger partial charge in [-0.05, 0) is 42.3 Å². The van der Waals surface area contributed by atoms with Gasteiger partial charge in [-0.25, -0.2) is 8.42 Å². The van der Waals surface area contributed by atoms with Crippen LogP contribution in [0.2, 0.25) is 0 Å². The number of hydrogen-bond donors (Lipinski definition) is 1. The molecule has 5 heteroatoms. The van der Waals surface area contributed by atoms with Crippen LogP contribution in [-0.4, -0.2) is 15.5 Å². The third-order valence-corrected chi connectivity index (χ3v) is 6.37. The zero-order valence-corrected chi connectivity index (χ0v) is 17.4. The van der Waals surface area contributed by atoms with Gasteiger partial charge in [0.1, 0.15) is 5.75 Å². The summed E-state index contributed by atoms with van der Waals surface area (Å²) in [7, 11) is -2.19. The minimum atomic E-state index is -3.72. The van der Waals surface area contributed by atoms with Crippen molar-refractivity contribution in [1.29, 1.82) is 0 Å². The number of ether oxygens (including phenoxy) is 1. The van der Waals surface area contributed by atoms with Crippen LogP contribution in [0.4, 0.5) is 5.69 Å². The second kappa shape index (κ2) is 7.68. The van der Waals surface area contributed by atoms with Crippen LogP contribution >= 0.6 is 0 Å². The SMILES string of the molecule is COc1ccc(C(C)(C)c2ccccc2)cc1NS(=O)(=O)c1ccc(C)cc1. The number of benzene rings is 3. The summed E-state index contributed by atoms with van der Waals surface area (Å²) in [4.78, 5) is 0.216. The van der Waals surface area contributed by atoms with E-state index in [0.717, 1.165) is 16.7 Å². The van der Waals surface area contributed by atoms with Crippen LogP contribution in [-0.2, 0) is 15.4 Å². The van der Waals surface area contributed by atoms with E-state index in [2.05, 4.69) is 30.7 Å². The third-order valence-electron chi connectivity index (χ3n) is 4.99. The van der Waals surface area contributed by atoms with Gasteiger partial charge in [0.2, 0.25) is 0 Å². The minimum absolute atomic E-state index is 0.216. The molecule has 0 aromatic heterocycles. The van der Waals surface area contributed by atoms with Crippen molar-refractivity contribution in [2.24, 2.45) is 0 Å². The van der Waals surface area contributed by atoms with Crippen LogP contribution in [0.15, 0.2) is 77.7 Å². The van der Waals surface area contributed by atoms with E-state index in [1.807, 2.05) is 37.3 Å². The second-order valence-electron chi connectivity index (χ2n) is 7.32. The number of sulfonamides is 1. The van der Waals surface area contributed by atoms with E-state index in [9.17, 15) is 8.42 Å². The van der Waals surface area contributed by atoms with Gasteiger partial charge in [-0.3, -0.25) is 4.72 Å². The molecular weight excluding hydrogens is 370 g/mol. The zero-order chi connectivity index (χ0) is 20.4. The molecule has 4 nitrogen and oxygen atoms in total. The maximum absolute atomic E-state index is 12.8. The van der Waals surface area contributed by atoms with Gasteiger partial charge in [-0.1, -0.05) is 67.9 Å². The quantitative estimate of drug-likeness (QED) is 0.629. The molecule has 0 heterocycles. The predicted octanol–water partition coefficient (Wildman–Crippen LogP) is 5.13. The Morgan fingerprint density at radius 2 is 1.50 bits per heavy atom. The molecule has 3 aromatic carbocycles. The van der Waals surface area contributed by atoms with Gasteiger partial charge < -0.3 is 4.74 Å². The Labute approximate surface area is 167 Å². The summed E-state index contributed by atoms with van der Waals surface area (Å²) in [5.74, 6) is 0.475. The Morgan fingerprint density at radius 1 is 0.857 bits per heavy atom. The average molecular weight is 396 g/mol. The van der Waals surface area contributed by atoms with Crippen molar-refractivity contribution in [3.8, 4) is 5.75 Å². The first-order valence-electron chi connectivity index (χ1n) is 9.07. The molecule has 0 saturated carbocycles. The summed E-state index contributed by atoms with van der Waals surface area (Å²) in [5, 5.41) is 0. The van der Waals surface area contributed by atoms with Gasteiger partial charge >= 0.3 is 0 Å². The molecule has 3 rings (SSSR count). The van der Waals surface area contributed by atoms with Crippen LogP contribution in [0.5, 0.6) is 5.75 Å². The molecule has 0 aliphatic heterocycles. The molecule has 0 aliphatic rings. The fourth-order valence-corrected chi connectivity index (χ4v) is 4.18. The molecule has 0 aliphatic carbocycles. The molecule has 28 heavy (non-hydrogen) atoms. The largest absolute Gasteiger partial charge is 0.495 e. The van der Waals surface area contributed by atoms with Crippen molar-refractivity contribution in [3.05, 3.63) is 89.5 Å². The Balaban J connectivity index is 2.01. The van der Waals surface area contributed by atoms with Crippen molar-refractivity contribution >= 4 is 15.7 Å².